The van der Waals surface area contributed by atoms with Crippen molar-refractivity contribution in [3.8, 4) is 5.75 Å². The Balaban J connectivity index is 1.41. The van der Waals surface area contributed by atoms with Crippen LogP contribution in [-0.2, 0) is 17.8 Å². The number of hydrogen-bond acceptors (Lipinski definition) is 3. The van der Waals surface area contributed by atoms with E-state index in [9.17, 15) is 4.79 Å². The Morgan fingerprint density at radius 3 is 2.81 bits per heavy atom. The Bertz CT molecular complexity index is 1050. The summed E-state index contributed by atoms with van der Waals surface area (Å²) in [6, 6.07) is 17.9. The van der Waals surface area contributed by atoms with Gasteiger partial charge in [-0.15, -0.1) is 0 Å². The summed E-state index contributed by atoms with van der Waals surface area (Å²) in [5, 5.41) is 5.20. The van der Waals surface area contributed by atoms with Crippen molar-refractivity contribution in [3.05, 3.63) is 78.2 Å². The summed E-state index contributed by atoms with van der Waals surface area (Å²) >= 11 is 0. The lowest BCUT2D eigenvalue weighted by molar-refractivity contribution is -0.120. The largest absolute Gasteiger partial charge is 0.497 e. The second-order valence-electron chi connectivity index (χ2n) is 6.20. The molecule has 2 heterocycles. The van der Waals surface area contributed by atoms with Gasteiger partial charge in [-0.3, -0.25) is 4.79 Å². The van der Waals surface area contributed by atoms with Crippen LogP contribution >= 0.6 is 0 Å². The van der Waals surface area contributed by atoms with Gasteiger partial charge < -0.3 is 14.5 Å². The molecule has 0 aliphatic carbocycles. The summed E-state index contributed by atoms with van der Waals surface area (Å²) in [5.41, 5.74) is 2.67. The highest BCUT2D eigenvalue weighted by Crippen LogP contribution is 2.21. The Morgan fingerprint density at radius 1 is 1.12 bits per heavy atom. The van der Waals surface area contributed by atoms with Gasteiger partial charge in [-0.05, 0) is 46.7 Å². The van der Waals surface area contributed by atoms with E-state index in [4.69, 9.17) is 4.74 Å². The molecule has 0 aliphatic rings. The van der Waals surface area contributed by atoms with Gasteiger partial charge in [0.15, 0.2) is 0 Å². The van der Waals surface area contributed by atoms with Crippen molar-refractivity contribution in [2.75, 3.05) is 7.11 Å². The average molecular weight is 345 g/mol. The topological polar surface area (TPSA) is 55.6 Å². The number of carbonyl (C=O) groups is 1. The zero-order valence-corrected chi connectivity index (χ0v) is 14.5. The zero-order valence-electron chi connectivity index (χ0n) is 14.5. The molecule has 2 aromatic carbocycles. The number of methoxy groups -OCH3 is 1. The fraction of sp³-hybridized carbons (Fsp3) is 0.143. The number of nitrogens with zero attached hydrogens (tertiary/aromatic N) is 2. The highest BCUT2D eigenvalue weighted by Gasteiger charge is 2.08. The Kier molecular flexibility index (Phi) is 4.27. The normalized spacial score (nSPS) is 11.0. The molecule has 0 atom stereocenters. The minimum atomic E-state index is -0.0387. The summed E-state index contributed by atoms with van der Waals surface area (Å²) in [7, 11) is 1.66. The molecule has 0 radical (unpaired) electrons. The number of imidazole rings is 1. The first-order valence-corrected chi connectivity index (χ1v) is 8.47. The van der Waals surface area contributed by atoms with Crippen LogP contribution in [0.25, 0.3) is 16.4 Å². The molecule has 4 rings (SSSR count). The van der Waals surface area contributed by atoms with Gasteiger partial charge >= 0.3 is 0 Å². The third kappa shape index (κ3) is 3.37. The van der Waals surface area contributed by atoms with Crippen molar-refractivity contribution >= 4 is 22.3 Å². The first kappa shape index (κ1) is 16.1. The van der Waals surface area contributed by atoms with Crippen molar-refractivity contribution in [2.24, 2.45) is 0 Å². The van der Waals surface area contributed by atoms with Gasteiger partial charge in [-0.1, -0.05) is 24.3 Å². The number of amides is 1. The van der Waals surface area contributed by atoms with E-state index in [2.05, 4.69) is 16.4 Å². The second-order valence-corrected chi connectivity index (χ2v) is 6.20. The predicted molar refractivity (Wildman–Crippen MR) is 101 cm³/mol. The Morgan fingerprint density at radius 2 is 1.96 bits per heavy atom. The molecular weight excluding hydrogens is 326 g/mol. The molecule has 0 bridgehead atoms. The molecular formula is C21H19N3O2. The molecule has 2 aromatic heterocycles. The van der Waals surface area contributed by atoms with Gasteiger partial charge in [0.25, 0.3) is 0 Å². The summed E-state index contributed by atoms with van der Waals surface area (Å²) in [5.74, 6) is 0.800. The molecule has 5 heteroatoms. The van der Waals surface area contributed by atoms with Gasteiger partial charge in [0.05, 0.1) is 19.2 Å². The van der Waals surface area contributed by atoms with E-state index in [0.717, 1.165) is 33.4 Å². The first-order valence-electron chi connectivity index (χ1n) is 8.47. The van der Waals surface area contributed by atoms with Gasteiger partial charge in [0, 0.05) is 18.9 Å². The van der Waals surface area contributed by atoms with Crippen molar-refractivity contribution in [1.82, 2.24) is 14.7 Å². The molecule has 0 saturated heterocycles. The van der Waals surface area contributed by atoms with Crippen molar-refractivity contribution < 1.29 is 9.53 Å². The number of carbonyl (C=O) groups excluding carboxylic acids is 1. The van der Waals surface area contributed by atoms with Crippen molar-refractivity contribution in [3.63, 3.8) is 0 Å². The molecule has 1 amide bonds. The summed E-state index contributed by atoms with van der Waals surface area (Å²) in [6.45, 7) is 0.494. The highest BCUT2D eigenvalue weighted by molar-refractivity contribution is 5.84. The van der Waals surface area contributed by atoms with Crippen LogP contribution in [0.3, 0.4) is 0 Å². The summed E-state index contributed by atoms with van der Waals surface area (Å²) < 4.78 is 7.16. The van der Waals surface area contributed by atoms with Crippen LogP contribution in [0, 0.1) is 0 Å². The van der Waals surface area contributed by atoms with Crippen LogP contribution in [0.5, 0.6) is 5.75 Å². The van der Waals surface area contributed by atoms with Crippen molar-refractivity contribution in [1.29, 1.82) is 0 Å². The van der Waals surface area contributed by atoms with Crippen LogP contribution in [0.4, 0.5) is 0 Å². The van der Waals surface area contributed by atoms with E-state index < -0.39 is 0 Å². The van der Waals surface area contributed by atoms with Gasteiger partial charge in [-0.25, -0.2) is 4.98 Å². The van der Waals surface area contributed by atoms with E-state index >= 15 is 0 Å². The number of hydrogen-bond donors (Lipinski definition) is 1. The molecule has 130 valence electrons. The molecule has 0 spiro atoms. The number of nitrogens with one attached hydrogen (secondary N) is 1. The second kappa shape index (κ2) is 6.88. The molecule has 26 heavy (non-hydrogen) atoms. The average Bonchev–Trinajstić information content (AvgIpc) is 3.08. The highest BCUT2D eigenvalue weighted by atomic mass is 16.5. The maximum Gasteiger partial charge on any atom is 0.226 e. The maximum atomic E-state index is 12.2. The Hall–Kier alpha value is -3.34. The molecule has 0 saturated carbocycles. The fourth-order valence-electron chi connectivity index (χ4n) is 3.01. The van der Waals surface area contributed by atoms with E-state index in [0.29, 0.717) is 6.54 Å². The van der Waals surface area contributed by atoms with E-state index in [1.807, 2.05) is 65.3 Å². The third-order valence-electron chi connectivity index (χ3n) is 4.36. The molecule has 0 aliphatic heterocycles. The Labute approximate surface area is 151 Å². The predicted octanol–water partition coefficient (Wildman–Crippen LogP) is 3.36. The van der Waals surface area contributed by atoms with Crippen LogP contribution in [0.2, 0.25) is 0 Å². The van der Waals surface area contributed by atoms with Crippen LogP contribution < -0.4 is 10.1 Å². The number of aromatic nitrogens is 2. The zero-order chi connectivity index (χ0) is 17.9. The molecule has 0 fully saturated rings. The summed E-state index contributed by atoms with van der Waals surface area (Å²) in [6.07, 6.45) is 4.08. The quantitative estimate of drug-likeness (QED) is 0.603. The number of benzene rings is 2. The fourth-order valence-corrected chi connectivity index (χ4v) is 3.01. The van der Waals surface area contributed by atoms with Gasteiger partial charge in [0.2, 0.25) is 5.91 Å². The maximum absolute atomic E-state index is 12.2. The van der Waals surface area contributed by atoms with Crippen LogP contribution in [0.15, 0.2) is 67.0 Å². The van der Waals surface area contributed by atoms with E-state index in [1.165, 1.54) is 0 Å². The van der Waals surface area contributed by atoms with Gasteiger partial charge in [0.1, 0.15) is 11.4 Å². The lowest BCUT2D eigenvalue weighted by Gasteiger charge is -2.07. The molecule has 4 aromatic rings. The van der Waals surface area contributed by atoms with Crippen LogP contribution in [-0.4, -0.2) is 22.4 Å². The third-order valence-corrected chi connectivity index (χ3v) is 4.36. The minimum Gasteiger partial charge on any atom is -0.497 e. The standard InChI is InChI=1S/C21H19N3O2/c1-26-19-8-7-16-10-15(5-6-17(16)11-19)13-22-21(25)12-18-14-24-9-3-2-4-20(24)23-18/h2-11,14H,12-13H2,1H3,(H,22,25). The number of pyridine rings is 1. The van der Waals surface area contributed by atoms with Crippen LogP contribution in [0.1, 0.15) is 11.3 Å². The summed E-state index contributed by atoms with van der Waals surface area (Å²) in [4.78, 5) is 16.7. The van der Waals surface area contributed by atoms with E-state index in [-0.39, 0.29) is 12.3 Å². The number of ether oxygens (including phenoxy) is 1. The number of rotatable bonds is 5. The lowest BCUT2D eigenvalue weighted by Crippen LogP contribution is -2.24. The smallest absolute Gasteiger partial charge is 0.226 e. The lowest BCUT2D eigenvalue weighted by atomic mass is 10.1. The van der Waals surface area contributed by atoms with Gasteiger partial charge in [-0.2, -0.15) is 0 Å². The first-order chi connectivity index (χ1) is 12.7. The minimum absolute atomic E-state index is 0.0387. The SMILES string of the molecule is COc1ccc2cc(CNC(=O)Cc3cn4ccccc4n3)ccc2c1. The molecule has 5 nitrogen and oxygen atoms in total. The van der Waals surface area contributed by atoms with E-state index in [1.54, 1.807) is 7.11 Å². The van der Waals surface area contributed by atoms with Crippen molar-refractivity contribution in [2.45, 2.75) is 13.0 Å². The number of fused-ring (bicyclic) bond motifs is 2. The monoisotopic (exact) mass is 345 g/mol. The molecule has 0 unspecified atom stereocenters. The molecule has 1 N–H and O–H groups in total.